The highest BCUT2D eigenvalue weighted by atomic mass is 19.4. The summed E-state index contributed by atoms with van der Waals surface area (Å²) in [5, 5.41) is 0. The molecular formula is C12H13F3N2O2. The standard InChI is InChI=1S/C12H13F3N2O2/c1-8-10(12(13,14)15)17(6-7-19-8)11(18)9-2-4-16-5-3-9/h2-5,8,10H,6-7H2,1H3/t8-,10-/m0/s1. The second kappa shape index (κ2) is 5.16. The van der Waals surface area contributed by atoms with Gasteiger partial charge >= 0.3 is 6.18 Å². The second-order valence-corrected chi connectivity index (χ2v) is 4.30. The molecule has 1 aromatic heterocycles. The van der Waals surface area contributed by atoms with Gasteiger partial charge in [-0.15, -0.1) is 0 Å². The minimum atomic E-state index is -4.51. The first-order valence-corrected chi connectivity index (χ1v) is 5.80. The number of pyridine rings is 1. The Morgan fingerprint density at radius 1 is 1.42 bits per heavy atom. The van der Waals surface area contributed by atoms with Crippen molar-refractivity contribution >= 4 is 5.91 Å². The summed E-state index contributed by atoms with van der Waals surface area (Å²) < 4.78 is 44.1. The third kappa shape index (κ3) is 2.86. The van der Waals surface area contributed by atoms with E-state index in [2.05, 4.69) is 4.98 Å². The maximum atomic E-state index is 13.0. The number of ether oxygens (including phenoxy) is 1. The molecule has 1 amide bonds. The van der Waals surface area contributed by atoms with E-state index in [1.54, 1.807) is 0 Å². The molecule has 0 saturated carbocycles. The first-order valence-electron chi connectivity index (χ1n) is 5.80. The van der Waals surface area contributed by atoms with Gasteiger partial charge in [-0.05, 0) is 19.1 Å². The molecule has 0 N–H and O–H groups in total. The number of carbonyl (C=O) groups is 1. The lowest BCUT2D eigenvalue weighted by Gasteiger charge is -2.40. The van der Waals surface area contributed by atoms with Gasteiger partial charge in [0.05, 0.1) is 12.7 Å². The van der Waals surface area contributed by atoms with Crippen molar-refractivity contribution in [1.29, 1.82) is 0 Å². The average Bonchev–Trinajstić information content (AvgIpc) is 2.37. The summed E-state index contributed by atoms with van der Waals surface area (Å²) in [6, 6.07) is 0.883. The average molecular weight is 274 g/mol. The van der Waals surface area contributed by atoms with Crippen LogP contribution in [-0.4, -0.2) is 47.3 Å². The summed E-state index contributed by atoms with van der Waals surface area (Å²) >= 11 is 0. The highest BCUT2D eigenvalue weighted by Gasteiger charge is 2.50. The van der Waals surface area contributed by atoms with Gasteiger partial charge in [0.2, 0.25) is 0 Å². The molecule has 1 aliphatic rings. The number of alkyl halides is 3. The topological polar surface area (TPSA) is 42.4 Å². The van der Waals surface area contributed by atoms with Crippen molar-refractivity contribution in [3.8, 4) is 0 Å². The van der Waals surface area contributed by atoms with Crippen molar-refractivity contribution in [2.45, 2.75) is 25.2 Å². The van der Waals surface area contributed by atoms with Crippen LogP contribution in [0.25, 0.3) is 0 Å². The Morgan fingerprint density at radius 2 is 2.05 bits per heavy atom. The van der Waals surface area contributed by atoms with Gasteiger partial charge in [-0.3, -0.25) is 9.78 Å². The van der Waals surface area contributed by atoms with Crippen LogP contribution in [0.1, 0.15) is 17.3 Å². The van der Waals surface area contributed by atoms with E-state index in [0.717, 1.165) is 4.90 Å². The van der Waals surface area contributed by atoms with Gasteiger partial charge in [-0.25, -0.2) is 0 Å². The van der Waals surface area contributed by atoms with E-state index >= 15 is 0 Å². The Kier molecular flexibility index (Phi) is 3.75. The number of aromatic nitrogens is 1. The van der Waals surface area contributed by atoms with Gasteiger partial charge in [0.1, 0.15) is 0 Å². The zero-order valence-corrected chi connectivity index (χ0v) is 10.2. The van der Waals surface area contributed by atoms with Crippen LogP contribution >= 0.6 is 0 Å². The molecule has 19 heavy (non-hydrogen) atoms. The number of halogens is 3. The predicted molar refractivity (Wildman–Crippen MR) is 60.5 cm³/mol. The zero-order valence-electron chi connectivity index (χ0n) is 10.2. The van der Waals surface area contributed by atoms with Gasteiger partial charge in [0.15, 0.2) is 6.04 Å². The summed E-state index contributed by atoms with van der Waals surface area (Å²) in [5.41, 5.74) is 0.193. The molecule has 1 aromatic rings. The lowest BCUT2D eigenvalue weighted by atomic mass is 10.1. The van der Waals surface area contributed by atoms with Gasteiger partial charge in [-0.1, -0.05) is 0 Å². The van der Waals surface area contributed by atoms with Crippen LogP contribution in [0.2, 0.25) is 0 Å². The van der Waals surface area contributed by atoms with Crippen LogP contribution in [0.4, 0.5) is 13.2 Å². The van der Waals surface area contributed by atoms with Crippen LogP contribution in [0.5, 0.6) is 0 Å². The van der Waals surface area contributed by atoms with E-state index in [1.807, 2.05) is 0 Å². The molecule has 0 unspecified atom stereocenters. The summed E-state index contributed by atoms with van der Waals surface area (Å²) in [4.78, 5) is 16.7. The fraction of sp³-hybridized carbons (Fsp3) is 0.500. The lowest BCUT2D eigenvalue weighted by molar-refractivity contribution is -0.220. The van der Waals surface area contributed by atoms with Gasteiger partial charge in [0.25, 0.3) is 5.91 Å². The Labute approximate surface area is 108 Å². The smallest absolute Gasteiger partial charge is 0.374 e. The zero-order chi connectivity index (χ0) is 14.0. The van der Waals surface area contributed by atoms with E-state index in [1.165, 1.54) is 31.5 Å². The third-order valence-corrected chi connectivity index (χ3v) is 3.02. The maximum Gasteiger partial charge on any atom is 0.411 e. The number of hydrogen-bond donors (Lipinski definition) is 0. The van der Waals surface area contributed by atoms with Crippen molar-refractivity contribution in [2.24, 2.45) is 0 Å². The summed E-state index contributed by atoms with van der Waals surface area (Å²) in [6.45, 7) is 1.35. The summed E-state index contributed by atoms with van der Waals surface area (Å²) in [7, 11) is 0. The van der Waals surface area contributed by atoms with Crippen molar-refractivity contribution in [1.82, 2.24) is 9.88 Å². The number of morpholine rings is 1. The summed E-state index contributed by atoms with van der Waals surface area (Å²) in [6.07, 6.45) is -2.83. The van der Waals surface area contributed by atoms with Crippen molar-refractivity contribution < 1.29 is 22.7 Å². The molecule has 104 valence electrons. The van der Waals surface area contributed by atoms with Crippen molar-refractivity contribution in [3.63, 3.8) is 0 Å². The maximum absolute atomic E-state index is 13.0. The predicted octanol–water partition coefficient (Wildman–Crippen LogP) is 1.87. The highest BCUT2D eigenvalue weighted by molar-refractivity contribution is 5.94. The van der Waals surface area contributed by atoms with E-state index in [9.17, 15) is 18.0 Å². The fourth-order valence-corrected chi connectivity index (χ4v) is 2.15. The molecule has 0 aromatic carbocycles. The van der Waals surface area contributed by atoms with Crippen LogP contribution in [0.3, 0.4) is 0 Å². The Morgan fingerprint density at radius 3 is 2.63 bits per heavy atom. The highest BCUT2D eigenvalue weighted by Crippen LogP contribution is 2.31. The molecular weight excluding hydrogens is 261 g/mol. The van der Waals surface area contributed by atoms with Crippen LogP contribution < -0.4 is 0 Å². The van der Waals surface area contributed by atoms with E-state index in [4.69, 9.17) is 4.74 Å². The quantitative estimate of drug-likeness (QED) is 0.785. The second-order valence-electron chi connectivity index (χ2n) is 4.30. The van der Waals surface area contributed by atoms with Crippen molar-refractivity contribution in [3.05, 3.63) is 30.1 Å². The normalized spacial score (nSPS) is 24.3. The van der Waals surface area contributed by atoms with Gasteiger partial charge in [0, 0.05) is 24.5 Å². The van der Waals surface area contributed by atoms with Crippen LogP contribution in [0.15, 0.2) is 24.5 Å². The van der Waals surface area contributed by atoms with Gasteiger partial charge in [-0.2, -0.15) is 13.2 Å². The van der Waals surface area contributed by atoms with E-state index in [-0.39, 0.29) is 18.7 Å². The first-order chi connectivity index (χ1) is 8.91. The minimum absolute atomic E-state index is 0.0737. The molecule has 1 saturated heterocycles. The first kappa shape index (κ1) is 13.8. The monoisotopic (exact) mass is 274 g/mol. The Hall–Kier alpha value is -1.63. The molecule has 1 aliphatic heterocycles. The fourth-order valence-electron chi connectivity index (χ4n) is 2.15. The molecule has 0 aliphatic carbocycles. The lowest BCUT2D eigenvalue weighted by Crippen LogP contribution is -2.59. The van der Waals surface area contributed by atoms with Crippen LogP contribution in [-0.2, 0) is 4.74 Å². The van der Waals surface area contributed by atoms with E-state index < -0.39 is 24.2 Å². The number of nitrogens with zero attached hydrogens (tertiary/aromatic N) is 2. The van der Waals surface area contributed by atoms with Crippen molar-refractivity contribution in [2.75, 3.05) is 13.2 Å². The largest absolute Gasteiger partial charge is 0.411 e. The van der Waals surface area contributed by atoms with Gasteiger partial charge < -0.3 is 9.64 Å². The Bertz CT molecular complexity index is 450. The molecule has 0 radical (unpaired) electrons. The summed E-state index contributed by atoms with van der Waals surface area (Å²) in [5.74, 6) is -0.653. The molecule has 2 heterocycles. The number of amides is 1. The number of rotatable bonds is 1. The number of hydrogen-bond acceptors (Lipinski definition) is 3. The molecule has 4 nitrogen and oxygen atoms in total. The molecule has 0 bridgehead atoms. The Balaban J connectivity index is 2.28. The number of carbonyl (C=O) groups excluding carboxylic acids is 1. The SMILES string of the molecule is C[C@@H]1OCCN(C(=O)c2ccncc2)[C@@H]1C(F)(F)F. The molecule has 1 fully saturated rings. The third-order valence-electron chi connectivity index (χ3n) is 3.02. The molecule has 2 rings (SSSR count). The minimum Gasteiger partial charge on any atom is -0.374 e. The molecule has 7 heteroatoms. The molecule has 0 spiro atoms. The molecule has 2 atom stereocenters. The van der Waals surface area contributed by atoms with E-state index in [0.29, 0.717) is 0 Å². The van der Waals surface area contributed by atoms with Crippen LogP contribution in [0, 0.1) is 0 Å².